The zero-order valence-corrected chi connectivity index (χ0v) is 45.7. The van der Waals surface area contributed by atoms with Crippen molar-refractivity contribution in [1.82, 2.24) is 47.9 Å². The molecule has 37 nitrogen and oxygen atoms in total. The second kappa shape index (κ2) is 34.3. The van der Waals surface area contributed by atoms with E-state index in [-0.39, 0.29) is 19.4 Å². The Hall–Kier alpha value is -7.33. The minimum atomic E-state index is -1.94. The van der Waals surface area contributed by atoms with Gasteiger partial charge in [0.2, 0.25) is 65.0 Å². The first-order valence-corrected chi connectivity index (χ1v) is 25.7. The summed E-state index contributed by atoms with van der Waals surface area (Å²) in [5, 5.41) is 101. The van der Waals surface area contributed by atoms with Crippen molar-refractivity contribution < 1.29 is 122 Å². The summed E-state index contributed by atoms with van der Waals surface area (Å²) in [6.45, 7) is 2.49. The first kappa shape index (κ1) is 71.8. The molecule has 0 spiro atoms. The summed E-state index contributed by atoms with van der Waals surface area (Å²) in [7, 11) is 0. The zero-order chi connectivity index (χ0) is 63.2. The van der Waals surface area contributed by atoms with Gasteiger partial charge in [-0.25, -0.2) is 4.79 Å². The minimum Gasteiger partial charge on any atom is -0.481 e. The Balaban J connectivity index is 2.26. The van der Waals surface area contributed by atoms with E-state index >= 15 is 0 Å². The SMILES string of the molecule is CC(=O)NC1C(OC2C(CO)OC(O)C(NC(C)=O)C2OC(C)C(=O)NC(C)C(=O)NC(CCC(=O)NC(CCCNC(=O)C(CO)NC(=O)C(N)CC(=O)O)C(=O)NC(C)C(=O)NC(CC(N)=O)C(=O)O)C(N)=O)OC(CO)C(O)C1O. The first-order chi connectivity index (χ1) is 38.8. The Bertz CT molecular complexity index is 2320. The monoisotopic (exact) mass is 1200 g/mol. The fourth-order valence-electron chi connectivity index (χ4n) is 8.08. The quantitative estimate of drug-likeness (QED) is 0.0266. The molecule has 37 heteroatoms. The Morgan fingerprint density at radius 1 is 0.590 bits per heavy atom. The number of nitrogens with one attached hydrogen (secondary N) is 9. The summed E-state index contributed by atoms with van der Waals surface area (Å²) in [6, 6.07) is -14.4. The molecule has 23 N–H and O–H groups in total. The van der Waals surface area contributed by atoms with Crippen LogP contribution in [-0.4, -0.2) is 254 Å². The number of nitrogens with two attached hydrogens (primary N) is 3. The molecule has 2 rings (SSSR count). The molecule has 0 aliphatic carbocycles. The van der Waals surface area contributed by atoms with E-state index in [1.54, 1.807) is 0 Å². The Morgan fingerprint density at radius 3 is 1.66 bits per heavy atom. The molecule has 2 heterocycles. The number of aliphatic hydroxyl groups is 6. The Labute approximate surface area is 472 Å². The van der Waals surface area contributed by atoms with E-state index in [1.807, 2.05) is 5.32 Å². The predicted octanol–water partition coefficient (Wildman–Crippen LogP) is -11.8. The number of hydrogen-bond donors (Lipinski definition) is 20. The van der Waals surface area contributed by atoms with E-state index in [4.69, 9.17) is 41.3 Å². The van der Waals surface area contributed by atoms with Gasteiger partial charge in [-0.05, 0) is 40.0 Å². The molecule has 2 aliphatic rings. The van der Waals surface area contributed by atoms with E-state index in [0.717, 1.165) is 34.6 Å². The molecule has 0 aromatic carbocycles. The van der Waals surface area contributed by atoms with Crippen LogP contribution in [-0.2, 0) is 81.3 Å². The van der Waals surface area contributed by atoms with E-state index in [1.165, 1.54) is 0 Å². The van der Waals surface area contributed by atoms with Gasteiger partial charge in [-0.3, -0.25) is 57.5 Å². The van der Waals surface area contributed by atoms with Gasteiger partial charge in [0.05, 0.1) is 38.7 Å². The van der Waals surface area contributed by atoms with Crippen LogP contribution in [0.2, 0.25) is 0 Å². The molecule has 0 aromatic rings. The molecule has 83 heavy (non-hydrogen) atoms. The number of aliphatic carboxylic acids is 2. The number of carbonyl (C=O) groups excluding carboxylic acids is 11. The van der Waals surface area contributed by atoms with Gasteiger partial charge in [0.1, 0.15) is 91.1 Å². The third-order valence-corrected chi connectivity index (χ3v) is 12.5. The molecule has 2 fully saturated rings. The van der Waals surface area contributed by atoms with E-state index < -0.39 is 232 Å². The molecular weight excluding hydrogens is 1120 g/mol. The number of primary amides is 2. The topological polar surface area (TPSA) is 607 Å². The van der Waals surface area contributed by atoms with Crippen molar-refractivity contribution in [3.05, 3.63) is 0 Å². The lowest BCUT2D eigenvalue weighted by molar-refractivity contribution is -0.333. The maximum Gasteiger partial charge on any atom is 0.326 e. The average Bonchev–Trinajstić information content (AvgIpc) is 3.60. The van der Waals surface area contributed by atoms with Gasteiger partial charge in [-0.15, -0.1) is 0 Å². The number of carboxylic acid groups (broad SMARTS) is 2. The second-order valence-electron chi connectivity index (χ2n) is 19.3. The van der Waals surface area contributed by atoms with Gasteiger partial charge in [-0.1, -0.05) is 0 Å². The van der Waals surface area contributed by atoms with Crippen molar-refractivity contribution in [2.75, 3.05) is 26.4 Å². The summed E-state index contributed by atoms with van der Waals surface area (Å²) in [5.74, 6) is -14.1. The minimum absolute atomic E-state index is 0.162. The maximum absolute atomic E-state index is 13.6. The molecular formula is C46H76N12O25. The molecule has 2 aliphatic heterocycles. The van der Waals surface area contributed by atoms with E-state index in [2.05, 4.69) is 42.5 Å². The highest BCUT2D eigenvalue weighted by molar-refractivity contribution is 5.95. The lowest BCUT2D eigenvalue weighted by atomic mass is 9.94. The van der Waals surface area contributed by atoms with Crippen LogP contribution in [0.4, 0.5) is 0 Å². The summed E-state index contributed by atoms with van der Waals surface area (Å²) in [4.78, 5) is 163. The largest absolute Gasteiger partial charge is 0.481 e. The fraction of sp³-hybridized carbons (Fsp3) is 0.717. The van der Waals surface area contributed by atoms with Gasteiger partial charge in [-0.2, -0.15) is 0 Å². The van der Waals surface area contributed by atoms with Crippen molar-refractivity contribution in [1.29, 1.82) is 0 Å². The van der Waals surface area contributed by atoms with Crippen LogP contribution in [0.5, 0.6) is 0 Å². The van der Waals surface area contributed by atoms with Gasteiger partial charge < -0.3 is 125 Å². The lowest BCUT2D eigenvalue weighted by Crippen LogP contribution is -2.70. The van der Waals surface area contributed by atoms with Crippen molar-refractivity contribution in [3.63, 3.8) is 0 Å². The van der Waals surface area contributed by atoms with Gasteiger partial charge >= 0.3 is 11.9 Å². The van der Waals surface area contributed by atoms with Crippen molar-refractivity contribution in [3.8, 4) is 0 Å². The molecule has 18 atom stereocenters. The maximum atomic E-state index is 13.6. The van der Waals surface area contributed by atoms with Crippen molar-refractivity contribution >= 4 is 76.9 Å². The number of amides is 11. The standard InChI is InChI=1S/C46H76N12O25/c1-16(51-40(73)18(3)80-36-32(54-20(5)63)45(79)81-27(15-61)35(36)83-46-31(53-19(4)62)34(69)33(68)26(14-60)82-46)38(71)56-22(37(49)70)8-9-29(65)55-23(43(76)52-17(2)39(72)57-24(44(77)78)12-28(48)64)7-6-10-50-42(75)25(13-59)58-41(74)21(47)11-30(66)67/h16-18,21-27,31-36,45-46,59-61,68-69,79H,6-15,47H2,1-5H3,(H2,48,64)(H2,49,70)(H,50,75)(H,51,73)(H,52,76)(H,53,62)(H,54,63)(H,55,65)(H,56,71)(H,57,72)(H,58,74)(H,66,67)(H,77,78). The second-order valence-corrected chi connectivity index (χ2v) is 19.3. The number of carboxylic acids is 2. The third-order valence-electron chi connectivity index (χ3n) is 12.5. The zero-order valence-electron chi connectivity index (χ0n) is 45.7. The summed E-state index contributed by atoms with van der Waals surface area (Å²) in [5.41, 5.74) is 16.1. The van der Waals surface area contributed by atoms with Crippen LogP contribution in [0.25, 0.3) is 0 Å². The molecule has 18 unspecified atom stereocenters. The summed E-state index contributed by atoms with van der Waals surface area (Å²) >= 11 is 0. The highest BCUT2D eigenvalue weighted by atomic mass is 16.7. The van der Waals surface area contributed by atoms with E-state index in [9.17, 15) is 98.1 Å². The van der Waals surface area contributed by atoms with Gasteiger partial charge in [0.15, 0.2) is 12.6 Å². The van der Waals surface area contributed by atoms with Gasteiger partial charge in [0.25, 0.3) is 0 Å². The number of aliphatic hydroxyl groups excluding tert-OH is 6. The van der Waals surface area contributed by atoms with Crippen LogP contribution in [0.1, 0.15) is 73.1 Å². The van der Waals surface area contributed by atoms with Crippen LogP contribution in [0.3, 0.4) is 0 Å². The smallest absolute Gasteiger partial charge is 0.326 e. The first-order valence-electron chi connectivity index (χ1n) is 25.7. The van der Waals surface area contributed by atoms with Crippen molar-refractivity contribution in [2.24, 2.45) is 17.2 Å². The predicted molar refractivity (Wildman–Crippen MR) is 273 cm³/mol. The van der Waals surface area contributed by atoms with E-state index in [0.29, 0.717) is 0 Å². The number of hydrogen-bond acceptors (Lipinski definition) is 24. The Morgan fingerprint density at radius 2 is 1.14 bits per heavy atom. The number of carbonyl (C=O) groups is 13. The highest BCUT2D eigenvalue weighted by Crippen LogP contribution is 2.31. The third kappa shape index (κ3) is 23.1. The number of rotatable bonds is 34. The molecule has 11 amide bonds. The van der Waals surface area contributed by atoms with Crippen LogP contribution in [0, 0.1) is 0 Å². The molecule has 0 bridgehead atoms. The highest BCUT2D eigenvalue weighted by Gasteiger charge is 2.53. The molecule has 470 valence electrons. The fourth-order valence-corrected chi connectivity index (χ4v) is 8.08. The molecule has 2 saturated heterocycles. The van der Waals surface area contributed by atoms with Crippen molar-refractivity contribution in [2.45, 2.75) is 183 Å². The van der Waals surface area contributed by atoms with Crippen LogP contribution >= 0.6 is 0 Å². The number of ether oxygens (including phenoxy) is 4. The lowest BCUT2D eigenvalue weighted by Gasteiger charge is -2.48. The summed E-state index contributed by atoms with van der Waals surface area (Å²) < 4.78 is 23.2. The normalized spacial score (nSPS) is 25.1. The van der Waals surface area contributed by atoms with Crippen LogP contribution < -0.4 is 65.1 Å². The molecule has 0 radical (unpaired) electrons. The van der Waals surface area contributed by atoms with Gasteiger partial charge in [0, 0.05) is 26.8 Å². The summed E-state index contributed by atoms with van der Waals surface area (Å²) in [6.07, 6.45) is -18.6. The molecule has 0 saturated carbocycles. The van der Waals surface area contributed by atoms with Crippen LogP contribution in [0.15, 0.2) is 0 Å². The average molecular weight is 1200 g/mol. The molecule has 0 aromatic heterocycles. The Kier molecular flexibility index (Phi) is 29.7.